The van der Waals surface area contributed by atoms with Crippen LogP contribution in [-0.2, 0) is 7.05 Å². The van der Waals surface area contributed by atoms with Crippen molar-refractivity contribution in [1.29, 1.82) is 0 Å². The number of hydrogen-bond acceptors (Lipinski definition) is 3. The molecule has 96 valence electrons. The molecule has 0 aliphatic carbocycles. The van der Waals surface area contributed by atoms with Gasteiger partial charge in [0, 0.05) is 11.7 Å². The molecule has 0 amide bonds. The van der Waals surface area contributed by atoms with Gasteiger partial charge in [0.25, 0.3) is 0 Å². The average Bonchev–Trinajstić information content (AvgIpc) is 2.93. The minimum atomic E-state index is -1.00. The minimum Gasteiger partial charge on any atom is -0.476 e. The van der Waals surface area contributed by atoms with E-state index in [-0.39, 0.29) is 5.69 Å². The van der Waals surface area contributed by atoms with E-state index in [1.54, 1.807) is 29.1 Å². The summed E-state index contributed by atoms with van der Waals surface area (Å²) in [5.74, 6) is -1.00. The molecule has 5 heteroatoms. The van der Waals surface area contributed by atoms with Crippen LogP contribution in [0.2, 0.25) is 0 Å². The van der Waals surface area contributed by atoms with Crippen molar-refractivity contribution in [2.24, 2.45) is 7.05 Å². The fourth-order valence-electron chi connectivity index (χ4n) is 2.14. The molecular weight excluding hydrogens is 260 g/mol. The molecule has 3 aromatic rings. The Kier molecular flexibility index (Phi) is 2.64. The monoisotopic (exact) mass is 272 g/mol. The molecule has 0 aliphatic rings. The highest BCUT2D eigenvalue weighted by molar-refractivity contribution is 7.22. The van der Waals surface area contributed by atoms with Gasteiger partial charge < -0.3 is 5.11 Å². The predicted molar refractivity (Wildman–Crippen MR) is 75.7 cm³/mol. The first-order valence-electron chi connectivity index (χ1n) is 5.83. The molecule has 4 nitrogen and oxygen atoms in total. The van der Waals surface area contributed by atoms with E-state index in [0.717, 1.165) is 10.6 Å². The molecule has 0 bridgehead atoms. The minimum absolute atomic E-state index is 0.0756. The second-order valence-electron chi connectivity index (χ2n) is 4.45. The maximum atomic E-state index is 11.0. The van der Waals surface area contributed by atoms with Gasteiger partial charge in [-0.25, -0.2) is 4.79 Å². The van der Waals surface area contributed by atoms with Crippen LogP contribution in [-0.4, -0.2) is 20.9 Å². The molecule has 3 rings (SSSR count). The number of thiophene rings is 1. The Labute approximate surface area is 113 Å². The third-order valence-corrected chi connectivity index (χ3v) is 4.40. The van der Waals surface area contributed by atoms with Crippen molar-refractivity contribution in [2.45, 2.75) is 6.92 Å². The quantitative estimate of drug-likeness (QED) is 0.778. The van der Waals surface area contributed by atoms with E-state index in [0.29, 0.717) is 0 Å². The topological polar surface area (TPSA) is 55.1 Å². The van der Waals surface area contributed by atoms with Crippen molar-refractivity contribution in [3.05, 3.63) is 41.6 Å². The maximum absolute atomic E-state index is 11.0. The molecule has 0 radical (unpaired) electrons. The zero-order valence-corrected chi connectivity index (χ0v) is 11.4. The molecule has 2 aromatic heterocycles. The van der Waals surface area contributed by atoms with Gasteiger partial charge in [-0.3, -0.25) is 4.68 Å². The molecule has 19 heavy (non-hydrogen) atoms. The molecule has 2 heterocycles. The summed E-state index contributed by atoms with van der Waals surface area (Å²) in [4.78, 5) is 12.0. The Morgan fingerprint density at radius 3 is 2.79 bits per heavy atom. The number of aromatic carboxylic acids is 1. The number of carboxylic acids is 1. The molecule has 0 saturated carbocycles. The van der Waals surface area contributed by atoms with Crippen molar-refractivity contribution in [2.75, 3.05) is 0 Å². The molecule has 0 saturated heterocycles. The fraction of sp³-hybridized carbons (Fsp3) is 0.143. The van der Waals surface area contributed by atoms with Crippen LogP contribution in [0.15, 0.2) is 30.3 Å². The van der Waals surface area contributed by atoms with Gasteiger partial charge in [-0.05, 0) is 30.0 Å². The Hall–Kier alpha value is -2.14. The number of aromatic nitrogens is 2. The van der Waals surface area contributed by atoms with Gasteiger partial charge in [-0.15, -0.1) is 11.3 Å². The zero-order chi connectivity index (χ0) is 13.6. The van der Waals surface area contributed by atoms with Crippen LogP contribution >= 0.6 is 11.3 Å². The van der Waals surface area contributed by atoms with E-state index in [2.05, 4.69) is 30.2 Å². The number of rotatable bonds is 2. The van der Waals surface area contributed by atoms with E-state index >= 15 is 0 Å². The van der Waals surface area contributed by atoms with Gasteiger partial charge in [-0.2, -0.15) is 5.10 Å². The number of carboxylic acid groups (broad SMARTS) is 1. The Balaban J connectivity index is 2.19. The first-order chi connectivity index (χ1) is 9.06. The highest BCUT2D eigenvalue weighted by Gasteiger charge is 2.14. The summed E-state index contributed by atoms with van der Waals surface area (Å²) >= 11 is 1.66. The average molecular weight is 272 g/mol. The van der Waals surface area contributed by atoms with Crippen molar-refractivity contribution < 1.29 is 9.90 Å². The normalized spacial score (nSPS) is 11.1. The van der Waals surface area contributed by atoms with Crippen LogP contribution in [0.3, 0.4) is 0 Å². The lowest BCUT2D eigenvalue weighted by Crippen LogP contribution is -1.99. The standard InChI is InChI=1S/C14H12N2O2S/c1-8-4-3-5-9-6-12(19-13(8)9)11-7-10(14(17)18)15-16(11)2/h3-7H,1-2H3,(H,17,18). The number of benzene rings is 1. The lowest BCUT2D eigenvalue weighted by atomic mass is 10.2. The first kappa shape index (κ1) is 11.9. The first-order valence-corrected chi connectivity index (χ1v) is 6.65. The second kappa shape index (κ2) is 4.20. The van der Waals surface area contributed by atoms with Gasteiger partial charge in [0.05, 0.1) is 10.6 Å². The highest BCUT2D eigenvalue weighted by Crippen LogP contribution is 2.35. The Morgan fingerprint density at radius 1 is 1.37 bits per heavy atom. The van der Waals surface area contributed by atoms with Crippen LogP contribution in [0.5, 0.6) is 0 Å². The molecule has 0 fully saturated rings. The molecule has 0 unspecified atom stereocenters. The van der Waals surface area contributed by atoms with Crippen molar-refractivity contribution in [1.82, 2.24) is 9.78 Å². The van der Waals surface area contributed by atoms with Crippen molar-refractivity contribution in [3.8, 4) is 10.6 Å². The molecular formula is C14H12N2O2S. The van der Waals surface area contributed by atoms with Crippen molar-refractivity contribution >= 4 is 27.4 Å². The van der Waals surface area contributed by atoms with Crippen LogP contribution in [0.4, 0.5) is 0 Å². The maximum Gasteiger partial charge on any atom is 0.356 e. The SMILES string of the molecule is Cc1cccc2cc(-c3cc(C(=O)O)nn3C)sc12. The van der Waals surface area contributed by atoms with Gasteiger partial charge in [0.1, 0.15) is 0 Å². The van der Waals surface area contributed by atoms with Crippen LogP contribution in [0.25, 0.3) is 20.7 Å². The Morgan fingerprint density at radius 2 is 2.16 bits per heavy atom. The number of aryl methyl sites for hydroxylation is 2. The van der Waals surface area contributed by atoms with Gasteiger partial charge in [0.2, 0.25) is 0 Å². The lowest BCUT2D eigenvalue weighted by molar-refractivity contribution is 0.0689. The lowest BCUT2D eigenvalue weighted by Gasteiger charge is -1.95. The molecule has 0 spiro atoms. The van der Waals surface area contributed by atoms with E-state index in [1.807, 2.05) is 6.07 Å². The van der Waals surface area contributed by atoms with Gasteiger partial charge >= 0.3 is 5.97 Å². The van der Waals surface area contributed by atoms with Gasteiger partial charge in [-0.1, -0.05) is 18.2 Å². The van der Waals surface area contributed by atoms with E-state index in [9.17, 15) is 4.79 Å². The Bertz CT molecular complexity index is 786. The summed E-state index contributed by atoms with van der Waals surface area (Å²) in [7, 11) is 1.76. The summed E-state index contributed by atoms with van der Waals surface area (Å²) in [5.41, 5.74) is 2.14. The largest absolute Gasteiger partial charge is 0.476 e. The predicted octanol–water partition coefficient (Wildman–Crippen LogP) is 3.31. The van der Waals surface area contributed by atoms with Gasteiger partial charge in [0.15, 0.2) is 5.69 Å². The second-order valence-corrected chi connectivity index (χ2v) is 5.50. The summed E-state index contributed by atoms with van der Waals surface area (Å²) in [6.07, 6.45) is 0. The van der Waals surface area contributed by atoms with E-state index in [4.69, 9.17) is 5.11 Å². The summed E-state index contributed by atoms with van der Waals surface area (Å²) < 4.78 is 2.85. The summed E-state index contributed by atoms with van der Waals surface area (Å²) in [6, 6.07) is 9.86. The molecule has 0 atom stereocenters. The summed E-state index contributed by atoms with van der Waals surface area (Å²) in [6.45, 7) is 2.08. The van der Waals surface area contributed by atoms with Crippen LogP contribution < -0.4 is 0 Å². The molecule has 0 aliphatic heterocycles. The number of carbonyl (C=O) groups is 1. The highest BCUT2D eigenvalue weighted by atomic mass is 32.1. The molecule has 1 aromatic carbocycles. The fourth-order valence-corrected chi connectivity index (χ4v) is 3.31. The smallest absolute Gasteiger partial charge is 0.356 e. The number of nitrogens with zero attached hydrogens (tertiary/aromatic N) is 2. The third kappa shape index (κ3) is 1.92. The van der Waals surface area contributed by atoms with Crippen LogP contribution in [0, 0.1) is 6.92 Å². The molecule has 1 N–H and O–H groups in total. The van der Waals surface area contributed by atoms with Crippen molar-refractivity contribution in [3.63, 3.8) is 0 Å². The van der Waals surface area contributed by atoms with E-state index < -0.39 is 5.97 Å². The number of hydrogen-bond donors (Lipinski definition) is 1. The summed E-state index contributed by atoms with van der Waals surface area (Å²) in [5, 5.41) is 14.2. The van der Waals surface area contributed by atoms with Crippen LogP contribution in [0.1, 0.15) is 16.1 Å². The van der Waals surface area contributed by atoms with E-state index in [1.165, 1.54) is 15.6 Å². The third-order valence-electron chi connectivity index (χ3n) is 3.09. The zero-order valence-electron chi connectivity index (χ0n) is 10.5. The number of fused-ring (bicyclic) bond motifs is 1.